The van der Waals surface area contributed by atoms with Crippen LogP contribution >= 0.6 is 15.9 Å². The van der Waals surface area contributed by atoms with E-state index in [-0.39, 0.29) is 12.3 Å². The van der Waals surface area contributed by atoms with Crippen LogP contribution in [0.5, 0.6) is 0 Å². The standard InChI is InChI=1S/C17H21BrN2O3/c1-2-3-4-5-16(21)20-15(17(22)23)8-11-10-19-14-7-6-12(18)9-13(11)14/h6-7,9-10,15,19H,2-5,8H2,1H3,(H,20,21)(H,22,23). The zero-order valence-electron chi connectivity index (χ0n) is 13.1. The molecule has 0 bridgehead atoms. The number of hydrogen-bond acceptors (Lipinski definition) is 2. The van der Waals surface area contributed by atoms with Crippen LogP contribution in [0.1, 0.15) is 38.2 Å². The van der Waals surface area contributed by atoms with Crippen LogP contribution in [0.3, 0.4) is 0 Å². The Labute approximate surface area is 143 Å². The topological polar surface area (TPSA) is 82.2 Å². The zero-order valence-corrected chi connectivity index (χ0v) is 14.6. The van der Waals surface area contributed by atoms with Crippen molar-refractivity contribution in [2.45, 2.75) is 45.1 Å². The highest BCUT2D eigenvalue weighted by Crippen LogP contribution is 2.23. The molecule has 23 heavy (non-hydrogen) atoms. The third-order valence-electron chi connectivity index (χ3n) is 3.79. The molecule has 2 aromatic rings. The number of aromatic nitrogens is 1. The van der Waals surface area contributed by atoms with E-state index in [1.165, 1.54) is 0 Å². The van der Waals surface area contributed by atoms with Crippen molar-refractivity contribution < 1.29 is 14.7 Å². The molecule has 6 heteroatoms. The molecule has 124 valence electrons. The second-order valence-electron chi connectivity index (χ2n) is 5.62. The molecule has 5 nitrogen and oxygen atoms in total. The van der Waals surface area contributed by atoms with E-state index in [1.807, 2.05) is 18.2 Å². The van der Waals surface area contributed by atoms with E-state index in [0.717, 1.165) is 40.2 Å². The number of amides is 1. The number of fused-ring (bicyclic) bond motifs is 1. The number of benzene rings is 1. The minimum Gasteiger partial charge on any atom is -0.480 e. The molecular weight excluding hydrogens is 360 g/mol. The van der Waals surface area contributed by atoms with Gasteiger partial charge in [0.05, 0.1) is 0 Å². The average molecular weight is 381 g/mol. The molecule has 0 fully saturated rings. The Bertz CT molecular complexity index is 696. The highest BCUT2D eigenvalue weighted by molar-refractivity contribution is 9.10. The number of carboxylic acid groups (broad SMARTS) is 1. The molecule has 0 aliphatic heterocycles. The largest absolute Gasteiger partial charge is 0.480 e. The zero-order chi connectivity index (χ0) is 16.8. The Kier molecular flexibility index (Phi) is 6.21. The molecule has 1 unspecified atom stereocenters. The van der Waals surface area contributed by atoms with Crippen LogP contribution in [0.2, 0.25) is 0 Å². The number of halogens is 1. The fourth-order valence-electron chi connectivity index (χ4n) is 2.54. The van der Waals surface area contributed by atoms with Crippen LogP contribution in [-0.2, 0) is 16.0 Å². The van der Waals surface area contributed by atoms with Crippen molar-refractivity contribution >= 4 is 38.7 Å². The predicted molar refractivity (Wildman–Crippen MR) is 93.4 cm³/mol. The molecule has 0 radical (unpaired) electrons. The first-order valence-corrected chi connectivity index (χ1v) is 8.58. The van der Waals surface area contributed by atoms with E-state index in [1.54, 1.807) is 6.20 Å². The molecule has 1 amide bonds. The summed E-state index contributed by atoms with van der Waals surface area (Å²) in [5.41, 5.74) is 1.82. The van der Waals surface area contributed by atoms with Gasteiger partial charge in [-0.25, -0.2) is 4.79 Å². The SMILES string of the molecule is CCCCCC(=O)NC(Cc1c[nH]c2ccc(Br)cc12)C(=O)O. The van der Waals surface area contributed by atoms with Gasteiger partial charge >= 0.3 is 5.97 Å². The minimum absolute atomic E-state index is 0.202. The lowest BCUT2D eigenvalue weighted by Gasteiger charge is -2.14. The molecule has 3 N–H and O–H groups in total. The van der Waals surface area contributed by atoms with Crippen molar-refractivity contribution in [1.82, 2.24) is 10.3 Å². The van der Waals surface area contributed by atoms with Crippen LogP contribution < -0.4 is 5.32 Å². The van der Waals surface area contributed by atoms with E-state index in [2.05, 4.69) is 33.2 Å². The van der Waals surface area contributed by atoms with Crippen molar-refractivity contribution in [1.29, 1.82) is 0 Å². The molecule has 1 heterocycles. The van der Waals surface area contributed by atoms with Gasteiger partial charge in [-0.15, -0.1) is 0 Å². The summed E-state index contributed by atoms with van der Waals surface area (Å²) in [4.78, 5) is 26.5. The summed E-state index contributed by atoms with van der Waals surface area (Å²) < 4.78 is 0.932. The maximum atomic E-state index is 11.9. The normalized spacial score (nSPS) is 12.3. The number of aromatic amines is 1. The number of carboxylic acids is 1. The Morgan fingerprint density at radius 2 is 2.13 bits per heavy atom. The summed E-state index contributed by atoms with van der Waals surface area (Å²) >= 11 is 3.42. The third kappa shape index (κ3) is 4.82. The maximum Gasteiger partial charge on any atom is 0.326 e. The highest BCUT2D eigenvalue weighted by Gasteiger charge is 2.21. The van der Waals surface area contributed by atoms with Crippen molar-refractivity contribution in [3.8, 4) is 0 Å². The van der Waals surface area contributed by atoms with Crippen LogP contribution in [0.4, 0.5) is 0 Å². The lowest BCUT2D eigenvalue weighted by Crippen LogP contribution is -2.42. The van der Waals surface area contributed by atoms with Gasteiger partial charge in [-0.2, -0.15) is 0 Å². The smallest absolute Gasteiger partial charge is 0.326 e. The molecule has 2 rings (SSSR count). The molecule has 0 aliphatic carbocycles. The van der Waals surface area contributed by atoms with Crippen molar-refractivity contribution in [2.75, 3.05) is 0 Å². The summed E-state index contributed by atoms with van der Waals surface area (Å²) in [5.74, 6) is -1.22. The number of H-pyrrole nitrogens is 1. The molecular formula is C17H21BrN2O3. The van der Waals surface area contributed by atoms with E-state index in [4.69, 9.17) is 0 Å². The van der Waals surface area contributed by atoms with Gasteiger partial charge in [-0.05, 0) is 30.2 Å². The van der Waals surface area contributed by atoms with Crippen molar-refractivity contribution in [3.63, 3.8) is 0 Å². The average Bonchev–Trinajstić information content (AvgIpc) is 2.89. The second kappa shape index (κ2) is 8.15. The Balaban J connectivity index is 2.07. The molecule has 0 saturated carbocycles. The van der Waals surface area contributed by atoms with Gasteiger partial charge in [-0.3, -0.25) is 4.79 Å². The number of rotatable bonds is 8. The van der Waals surface area contributed by atoms with Gasteiger partial charge in [0.15, 0.2) is 0 Å². The molecule has 0 saturated heterocycles. The number of carbonyl (C=O) groups is 2. The quantitative estimate of drug-likeness (QED) is 0.611. The van der Waals surface area contributed by atoms with Crippen LogP contribution in [-0.4, -0.2) is 28.0 Å². The summed E-state index contributed by atoms with van der Waals surface area (Å²) in [6, 6.07) is 4.89. The van der Waals surface area contributed by atoms with Crippen LogP contribution in [0.15, 0.2) is 28.9 Å². The van der Waals surface area contributed by atoms with E-state index < -0.39 is 12.0 Å². The van der Waals surface area contributed by atoms with Gasteiger partial charge in [0.2, 0.25) is 5.91 Å². The number of unbranched alkanes of at least 4 members (excludes halogenated alkanes) is 2. The van der Waals surface area contributed by atoms with Crippen molar-refractivity contribution in [2.24, 2.45) is 0 Å². The lowest BCUT2D eigenvalue weighted by atomic mass is 10.0. The van der Waals surface area contributed by atoms with Crippen LogP contribution in [0, 0.1) is 0 Å². The second-order valence-corrected chi connectivity index (χ2v) is 6.54. The first-order valence-electron chi connectivity index (χ1n) is 7.79. The highest BCUT2D eigenvalue weighted by atomic mass is 79.9. The molecule has 1 aromatic heterocycles. The monoisotopic (exact) mass is 380 g/mol. The van der Waals surface area contributed by atoms with Gasteiger partial charge in [0.25, 0.3) is 0 Å². The number of carbonyl (C=O) groups excluding carboxylic acids is 1. The van der Waals surface area contributed by atoms with E-state index >= 15 is 0 Å². The van der Waals surface area contributed by atoms with Gasteiger partial charge < -0.3 is 15.4 Å². The number of hydrogen-bond donors (Lipinski definition) is 3. The van der Waals surface area contributed by atoms with Gasteiger partial charge in [0, 0.05) is 34.4 Å². The van der Waals surface area contributed by atoms with E-state index in [0.29, 0.717) is 6.42 Å². The minimum atomic E-state index is -1.02. The fraction of sp³-hybridized carbons (Fsp3) is 0.412. The number of nitrogens with one attached hydrogen (secondary N) is 2. The van der Waals surface area contributed by atoms with Crippen LogP contribution in [0.25, 0.3) is 10.9 Å². The Hall–Kier alpha value is -1.82. The maximum absolute atomic E-state index is 11.9. The first-order chi connectivity index (χ1) is 11.0. The summed E-state index contributed by atoms with van der Waals surface area (Å²) in [6.07, 6.45) is 5.22. The van der Waals surface area contributed by atoms with Crippen molar-refractivity contribution in [3.05, 3.63) is 34.4 Å². The Morgan fingerprint density at radius 1 is 1.35 bits per heavy atom. The number of aliphatic carboxylic acids is 1. The summed E-state index contributed by atoms with van der Waals surface area (Å²) in [6.45, 7) is 2.06. The molecule has 1 atom stereocenters. The molecule has 0 spiro atoms. The first kappa shape index (κ1) is 17.5. The molecule has 0 aliphatic rings. The van der Waals surface area contributed by atoms with Gasteiger partial charge in [-0.1, -0.05) is 35.7 Å². The fourth-order valence-corrected chi connectivity index (χ4v) is 2.90. The Morgan fingerprint density at radius 3 is 2.83 bits per heavy atom. The van der Waals surface area contributed by atoms with Gasteiger partial charge in [0.1, 0.15) is 6.04 Å². The third-order valence-corrected chi connectivity index (χ3v) is 4.29. The summed E-state index contributed by atoms with van der Waals surface area (Å²) in [7, 11) is 0. The van der Waals surface area contributed by atoms with E-state index in [9.17, 15) is 14.7 Å². The predicted octanol–water partition coefficient (Wildman–Crippen LogP) is 3.62. The lowest BCUT2D eigenvalue weighted by molar-refractivity contribution is -0.141. The molecule has 1 aromatic carbocycles. The summed E-state index contributed by atoms with van der Waals surface area (Å²) in [5, 5.41) is 13.0.